The molecule has 0 bridgehead atoms. The third-order valence-corrected chi connectivity index (χ3v) is 5.00. The van der Waals surface area contributed by atoms with Crippen LogP contribution in [0.1, 0.15) is 47.0 Å². The molecule has 1 fully saturated rings. The van der Waals surface area contributed by atoms with Crippen molar-refractivity contribution in [3.63, 3.8) is 0 Å². The second-order valence-electron chi connectivity index (χ2n) is 6.45. The molecule has 0 radical (unpaired) electrons. The fourth-order valence-electron chi connectivity index (χ4n) is 4.23. The molecule has 0 N–H and O–H groups in total. The molecule has 4 atom stereocenters. The average Bonchev–Trinajstić information content (AvgIpc) is 2.68. The van der Waals surface area contributed by atoms with Crippen molar-refractivity contribution in [2.75, 3.05) is 7.11 Å². The van der Waals surface area contributed by atoms with Crippen LogP contribution in [0, 0.1) is 23.7 Å². The molecule has 3 unspecified atom stereocenters. The minimum Gasteiger partial charge on any atom is -0.466 e. The smallest absolute Gasteiger partial charge is 0.333 e. The number of carbonyl (C=O) groups excluding carboxylic acids is 1. The number of hydrogen-bond donors (Lipinski definition) is 0. The molecular formula is C17H26O2. The van der Waals surface area contributed by atoms with E-state index in [0.717, 1.165) is 23.3 Å². The van der Waals surface area contributed by atoms with Crippen LogP contribution in [-0.4, -0.2) is 13.1 Å². The molecule has 2 heteroatoms. The first kappa shape index (κ1) is 14.4. The van der Waals surface area contributed by atoms with Crippen molar-refractivity contribution in [1.82, 2.24) is 0 Å². The molecule has 2 aliphatic rings. The summed E-state index contributed by atoms with van der Waals surface area (Å²) < 4.78 is 4.81. The quantitative estimate of drug-likeness (QED) is 0.425. The molecule has 0 aliphatic heterocycles. The molecule has 0 saturated heterocycles. The van der Waals surface area contributed by atoms with Gasteiger partial charge in [-0.1, -0.05) is 31.1 Å². The minimum absolute atomic E-state index is 0.195. The lowest BCUT2D eigenvalue weighted by atomic mass is 9.69. The van der Waals surface area contributed by atoms with Gasteiger partial charge < -0.3 is 4.74 Å². The lowest BCUT2D eigenvalue weighted by Crippen LogP contribution is -2.27. The standard InChI is InChI=1S/C17H26O2/c1-10-6-7-14(9-13(4)17(18)19-5)16-12(3)8-11(2)15(10)16/h9-11,14-15H,6-8H2,1-5H3/b13-9+/t10?,11?,14-,15?/m0/s1. The Balaban J connectivity index is 2.28. The molecule has 0 amide bonds. The number of allylic oxidation sites excluding steroid dienone is 3. The summed E-state index contributed by atoms with van der Waals surface area (Å²) in [6.45, 7) is 8.90. The van der Waals surface area contributed by atoms with Gasteiger partial charge in [-0.25, -0.2) is 4.79 Å². The fraction of sp³-hybridized carbons (Fsp3) is 0.706. The first-order valence-electron chi connectivity index (χ1n) is 7.42. The van der Waals surface area contributed by atoms with Crippen molar-refractivity contribution in [1.29, 1.82) is 0 Å². The van der Waals surface area contributed by atoms with Crippen LogP contribution in [0.25, 0.3) is 0 Å². The van der Waals surface area contributed by atoms with Crippen molar-refractivity contribution in [2.45, 2.75) is 47.0 Å². The molecule has 0 aromatic heterocycles. The van der Waals surface area contributed by atoms with Crippen molar-refractivity contribution in [2.24, 2.45) is 23.7 Å². The third kappa shape index (κ3) is 2.63. The molecule has 2 rings (SSSR count). The number of methoxy groups -OCH3 is 1. The van der Waals surface area contributed by atoms with E-state index in [9.17, 15) is 4.79 Å². The Morgan fingerprint density at radius 1 is 1.26 bits per heavy atom. The van der Waals surface area contributed by atoms with Gasteiger partial charge in [0.1, 0.15) is 0 Å². The van der Waals surface area contributed by atoms with Gasteiger partial charge in [0.05, 0.1) is 7.11 Å². The summed E-state index contributed by atoms with van der Waals surface area (Å²) in [6.07, 6.45) is 5.81. The Bertz CT molecular complexity index is 431. The highest BCUT2D eigenvalue weighted by Gasteiger charge is 2.40. The van der Waals surface area contributed by atoms with Crippen molar-refractivity contribution in [3.8, 4) is 0 Å². The predicted octanol–water partition coefficient (Wildman–Crippen LogP) is 4.12. The number of fused-ring (bicyclic) bond motifs is 1. The van der Waals surface area contributed by atoms with Crippen LogP contribution in [0.2, 0.25) is 0 Å². The van der Waals surface area contributed by atoms with E-state index in [0.29, 0.717) is 5.92 Å². The summed E-state index contributed by atoms with van der Waals surface area (Å²) in [5.74, 6) is 2.52. The molecule has 2 aliphatic carbocycles. The van der Waals surface area contributed by atoms with Gasteiger partial charge in [0.25, 0.3) is 0 Å². The van der Waals surface area contributed by atoms with Gasteiger partial charge in [0.15, 0.2) is 0 Å². The molecule has 0 aromatic carbocycles. The van der Waals surface area contributed by atoms with E-state index in [4.69, 9.17) is 4.74 Å². The largest absolute Gasteiger partial charge is 0.466 e. The average molecular weight is 262 g/mol. The lowest BCUT2D eigenvalue weighted by Gasteiger charge is -2.36. The number of rotatable bonds is 2. The van der Waals surface area contributed by atoms with Crippen LogP contribution in [-0.2, 0) is 9.53 Å². The summed E-state index contributed by atoms with van der Waals surface area (Å²) in [4.78, 5) is 11.6. The summed E-state index contributed by atoms with van der Waals surface area (Å²) in [5, 5.41) is 0. The summed E-state index contributed by atoms with van der Waals surface area (Å²) in [5.41, 5.74) is 3.93. The zero-order chi connectivity index (χ0) is 14.2. The third-order valence-electron chi connectivity index (χ3n) is 5.00. The van der Waals surface area contributed by atoms with Gasteiger partial charge >= 0.3 is 5.97 Å². The first-order chi connectivity index (χ1) is 8.95. The van der Waals surface area contributed by atoms with Crippen LogP contribution >= 0.6 is 0 Å². The van der Waals surface area contributed by atoms with Crippen LogP contribution in [0.5, 0.6) is 0 Å². The highest BCUT2D eigenvalue weighted by molar-refractivity contribution is 5.87. The highest BCUT2D eigenvalue weighted by atomic mass is 16.5. The van der Waals surface area contributed by atoms with Crippen LogP contribution in [0.15, 0.2) is 22.8 Å². The van der Waals surface area contributed by atoms with Crippen LogP contribution < -0.4 is 0 Å². The summed E-state index contributed by atoms with van der Waals surface area (Å²) in [7, 11) is 1.45. The van der Waals surface area contributed by atoms with Gasteiger partial charge in [0, 0.05) is 5.57 Å². The van der Waals surface area contributed by atoms with Gasteiger partial charge in [-0.2, -0.15) is 0 Å². The maximum absolute atomic E-state index is 11.6. The molecule has 0 spiro atoms. The normalized spacial score (nSPS) is 35.3. The highest BCUT2D eigenvalue weighted by Crippen LogP contribution is 2.50. The van der Waals surface area contributed by atoms with E-state index in [1.807, 2.05) is 6.92 Å². The van der Waals surface area contributed by atoms with Gasteiger partial charge in [0.2, 0.25) is 0 Å². The SMILES string of the molecule is COC(=O)/C(C)=C/[C@@H]1CCC(C)C2C1=C(C)CC2C. The number of ether oxygens (including phenoxy) is 1. The molecule has 0 aromatic rings. The van der Waals surface area contributed by atoms with Crippen molar-refractivity contribution >= 4 is 5.97 Å². The molecule has 1 saturated carbocycles. The van der Waals surface area contributed by atoms with Crippen LogP contribution in [0.4, 0.5) is 0 Å². The molecular weight excluding hydrogens is 236 g/mol. The molecule has 106 valence electrons. The zero-order valence-corrected chi connectivity index (χ0v) is 12.8. The zero-order valence-electron chi connectivity index (χ0n) is 12.8. The number of carbonyl (C=O) groups is 1. The number of hydrogen-bond acceptors (Lipinski definition) is 2. The maximum atomic E-state index is 11.6. The van der Waals surface area contributed by atoms with Crippen molar-refractivity contribution in [3.05, 3.63) is 22.8 Å². The second-order valence-corrected chi connectivity index (χ2v) is 6.45. The fourth-order valence-corrected chi connectivity index (χ4v) is 4.23. The van der Waals surface area contributed by atoms with Crippen LogP contribution in [0.3, 0.4) is 0 Å². The Kier molecular flexibility index (Phi) is 4.17. The second kappa shape index (κ2) is 5.52. The molecule has 2 nitrogen and oxygen atoms in total. The van der Waals surface area contributed by atoms with Crippen molar-refractivity contribution < 1.29 is 9.53 Å². The first-order valence-corrected chi connectivity index (χ1v) is 7.42. The topological polar surface area (TPSA) is 26.3 Å². The van der Waals surface area contributed by atoms with Gasteiger partial charge in [-0.3, -0.25) is 0 Å². The van der Waals surface area contributed by atoms with E-state index >= 15 is 0 Å². The lowest BCUT2D eigenvalue weighted by molar-refractivity contribution is -0.136. The Morgan fingerprint density at radius 3 is 2.58 bits per heavy atom. The van der Waals surface area contributed by atoms with E-state index in [1.165, 1.54) is 26.4 Å². The predicted molar refractivity (Wildman–Crippen MR) is 77.6 cm³/mol. The summed E-state index contributed by atoms with van der Waals surface area (Å²) >= 11 is 0. The number of esters is 1. The van der Waals surface area contributed by atoms with E-state index < -0.39 is 0 Å². The Morgan fingerprint density at radius 2 is 1.95 bits per heavy atom. The van der Waals surface area contributed by atoms with Gasteiger partial charge in [-0.05, 0) is 56.8 Å². The minimum atomic E-state index is -0.195. The Labute approximate surface area is 116 Å². The Hall–Kier alpha value is -1.05. The van der Waals surface area contributed by atoms with Gasteiger partial charge in [-0.15, -0.1) is 0 Å². The molecule has 0 heterocycles. The maximum Gasteiger partial charge on any atom is 0.333 e. The summed E-state index contributed by atoms with van der Waals surface area (Å²) in [6, 6.07) is 0. The monoisotopic (exact) mass is 262 g/mol. The van der Waals surface area contributed by atoms with E-state index in [2.05, 4.69) is 26.8 Å². The molecule has 19 heavy (non-hydrogen) atoms. The van der Waals surface area contributed by atoms with E-state index in [1.54, 1.807) is 11.1 Å². The van der Waals surface area contributed by atoms with E-state index in [-0.39, 0.29) is 5.97 Å².